The molecule has 0 aliphatic carbocycles. The van der Waals surface area contributed by atoms with Crippen LogP contribution in [0.15, 0.2) is 59.6 Å². The van der Waals surface area contributed by atoms with E-state index in [1.807, 2.05) is 19.1 Å². The molecule has 3 rings (SSSR count). The molecule has 0 amide bonds. The summed E-state index contributed by atoms with van der Waals surface area (Å²) in [4.78, 5) is 4.86. The molecule has 1 fully saturated rings. The highest BCUT2D eigenvalue weighted by Crippen LogP contribution is 2.34. The van der Waals surface area contributed by atoms with Crippen molar-refractivity contribution in [3.8, 4) is 5.75 Å². The molecule has 0 atom stereocenters. The lowest BCUT2D eigenvalue weighted by atomic mass is 9.74. The largest absolute Gasteiger partial charge is 0.497 e. The zero-order valence-corrected chi connectivity index (χ0v) is 22.2. The highest BCUT2D eigenvalue weighted by Gasteiger charge is 2.34. The lowest BCUT2D eigenvalue weighted by molar-refractivity contribution is 0.0513. The number of halogens is 1. The number of nitrogens with one attached hydrogen (secondary N) is 2. The van der Waals surface area contributed by atoms with E-state index in [1.165, 1.54) is 5.56 Å². The number of guanidine groups is 1. The van der Waals surface area contributed by atoms with E-state index in [1.54, 1.807) is 7.11 Å². The maximum absolute atomic E-state index is 5.68. The van der Waals surface area contributed by atoms with Crippen LogP contribution in [0.3, 0.4) is 0 Å². The SMILES string of the molecule is CCOCCCNC(=NCc1ccc(OC)cc1)NCC1(c2ccccc2)CCOCC1.I. The van der Waals surface area contributed by atoms with Crippen molar-refractivity contribution in [2.24, 2.45) is 4.99 Å². The highest BCUT2D eigenvalue weighted by molar-refractivity contribution is 14.0. The Kier molecular flexibility index (Phi) is 12.6. The smallest absolute Gasteiger partial charge is 0.191 e. The molecule has 6 nitrogen and oxygen atoms in total. The molecule has 33 heavy (non-hydrogen) atoms. The molecule has 1 aliphatic rings. The van der Waals surface area contributed by atoms with Crippen LogP contribution in [0.25, 0.3) is 0 Å². The first-order chi connectivity index (χ1) is 15.8. The first kappa shape index (κ1) is 27.4. The average Bonchev–Trinajstić information content (AvgIpc) is 2.86. The van der Waals surface area contributed by atoms with Gasteiger partial charge in [-0.25, -0.2) is 4.99 Å². The lowest BCUT2D eigenvalue weighted by Gasteiger charge is -2.38. The van der Waals surface area contributed by atoms with Crippen molar-refractivity contribution in [2.75, 3.05) is 46.6 Å². The molecular formula is C26H38IN3O3. The van der Waals surface area contributed by atoms with Crippen molar-refractivity contribution in [3.63, 3.8) is 0 Å². The van der Waals surface area contributed by atoms with Crippen LogP contribution in [0.5, 0.6) is 5.75 Å². The molecule has 0 unspecified atom stereocenters. The van der Waals surface area contributed by atoms with Gasteiger partial charge >= 0.3 is 0 Å². The fourth-order valence-corrected chi connectivity index (χ4v) is 3.98. The zero-order valence-electron chi connectivity index (χ0n) is 19.8. The Morgan fingerprint density at radius 3 is 2.42 bits per heavy atom. The van der Waals surface area contributed by atoms with E-state index >= 15 is 0 Å². The number of aliphatic imine (C=N–C) groups is 1. The zero-order chi connectivity index (χ0) is 22.5. The number of rotatable bonds is 11. The Labute approximate surface area is 215 Å². The van der Waals surface area contributed by atoms with Gasteiger partial charge in [0.25, 0.3) is 0 Å². The summed E-state index contributed by atoms with van der Waals surface area (Å²) in [5.74, 6) is 1.69. The molecule has 0 aromatic heterocycles. The van der Waals surface area contributed by atoms with Crippen LogP contribution in [-0.4, -0.2) is 52.6 Å². The molecule has 1 heterocycles. The maximum atomic E-state index is 5.68. The van der Waals surface area contributed by atoms with E-state index in [0.717, 1.165) is 76.1 Å². The minimum absolute atomic E-state index is 0. The van der Waals surface area contributed by atoms with Crippen molar-refractivity contribution in [3.05, 3.63) is 65.7 Å². The minimum atomic E-state index is 0. The normalized spacial score (nSPS) is 15.4. The van der Waals surface area contributed by atoms with Crippen LogP contribution < -0.4 is 15.4 Å². The van der Waals surface area contributed by atoms with Gasteiger partial charge in [-0.05, 0) is 49.4 Å². The monoisotopic (exact) mass is 567 g/mol. The van der Waals surface area contributed by atoms with Gasteiger partial charge in [0, 0.05) is 44.9 Å². The van der Waals surface area contributed by atoms with E-state index in [4.69, 9.17) is 19.2 Å². The molecule has 7 heteroatoms. The van der Waals surface area contributed by atoms with Crippen LogP contribution in [0.2, 0.25) is 0 Å². The van der Waals surface area contributed by atoms with Crippen molar-refractivity contribution in [1.29, 1.82) is 0 Å². The molecule has 0 bridgehead atoms. The second kappa shape index (κ2) is 15.1. The molecule has 0 radical (unpaired) electrons. The van der Waals surface area contributed by atoms with Crippen molar-refractivity contribution >= 4 is 29.9 Å². The summed E-state index contributed by atoms with van der Waals surface area (Å²) < 4.78 is 16.4. The molecule has 2 aromatic rings. The van der Waals surface area contributed by atoms with E-state index in [9.17, 15) is 0 Å². The average molecular weight is 568 g/mol. The second-order valence-electron chi connectivity index (χ2n) is 8.10. The van der Waals surface area contributed by atoms with Crippen molar-refractivity contribution in [1.82, 2.24) is 10.6 Å². The van der Waals surface area contributed by atoms with Gasteiger partial charge in [-0.2, -0.15) is 0 Å². The summed E-state index contributed by atoms with van der Waals surface area (Å²) in [5, 5.41) is 7.11. The summed E-state index contributed by atoms with van der Waals surface area (Å²) in [6.07, 6.45) is 2.94. The third-order valence-corrected chi connectivity index (χ3v) is 5.97. The van der Waals surface area contributed by atoms with Gasteiger partial charge in [-0.1, -0.05) is 42.5 Å². The quantitative estimate of drug-likeness (QED) is 0.181. The highest BCUT2D eigenvalue weighted by atomic mass is 127. The van der Waals surface area contributed by atoms with Crippen LogP contribution in [0, 0.1) is 0 Å². The van der Waals surface area contributed by atoms with Gasteiger partial charge < -0.3 is 24.8 Å². The minimum Gasteiger partial charge on any atom is -0.497 e. The molecule has 1 aliphatic heterocycles. The molecule has 2 aromatic carbocycles. The maximum Gasteiger partial charge on any atom is 0.191 e. The third kappa shape index (κ3) is 8.79. The van der Waals surface area contributed by atoms with E-state index in [2.05, 4.69) is 53.1 Å². The third-order valence-electron chi connectivity index (χ3n) is 5.97. The number of nitrogens with zero attached hydrogens (tertiary/aromatic N) is 1. The molecular weight excluding hydrogens is 529 g/mol. The van der Waals surface area contributed by atoms with Gasteiger partial charge in [-0.3, -0.25) is 0 Å². The number of methoxy groups -OCH3 is 1. The standard InChI is InChI=1S/C26H37N3O3.HI/c1-3-31-17-7-16-27-25(28-20-22-10-12-24(30-2)13-11-22)29-21-26(14-18-32-19-15-26)23-8-5-4-6-9-23;/h4-6,8-13H,3,7,14-21H2,1-2H3,(H2,27,28,29);1H. The first-order valence-corrected chi connectivity index (χ1v) is 11.6. The van der Waals surface area contributed by atoms with Gasteiger partial charge in [-0.15, -0.1) is 24.0 Å². The molecule has 0 saturated carbocycles. The number of ether oxygens (including phenoxy) is 3. The Balaban J connectivity index is 0.00000385. The summed E-state index contributed by atoms with van der Waals surface area (Å²) >= 11 is 0. The van der Waals surface area contributed by atoms with Crippen molar-refractivity contribution < 1.29 is 14.2 Å². The van der Waals surface area contributed by atoms with Crippen LogP contribution in [0.1, 0.15) is 37.3 Å². The fourth-order valence-electron chi connectivity index (χ4n) is 3.98. The topological polar surface area (TPSA) is 64.1 Å². The summed E-state index contributed by atoms with van der Waals surface area (Å²) in [6, 6.07) is 18.8. The Hall–Kier alpha value is -1.84. The van der Waals surface area contributed by atoms with Gasteiger partial charge in [0.2, 0.25) is 0 Å². The predicted octanol–water partition coefficient (Wildman–Crippen LogP) is 4.52. The van der Waals surface area contributed by atoms with Gasteiger partial charge in [0.15, 0.2) is 5.96 Å². The molecule has 2 N–H and O–H groups in total. The van der Waals surface area contributed by atoms with Crippen LogP contribution in [-0.2, 0) is 21.4 Å². The van der Waals surface area contributed by atoms with E-state index in [-0.39, 0.29) is 29.4 Å². The van der Waals surface area contributed by atoms with Crippen LogP contribution >= 0.6 is 24.0 Å². The van der Waals surface area contributed by atoms with E-state index < -0.39 is 0 Å². The molecule has 182 valence electrons. The predicted molar refractivity (Wildman–Crippen MR) is 145 cm³/mol. The van der Waals surface area contributed by atoms with Gasteiger partial charge in [0.05, 0.1) is 13.7 Å². The Morgan fingerprint density at radius 1 is 1.03 bits per heavy atom. The Morgan fingerprint density at radius 2 is 1.76 bits per heavy atom. The summed E-state index contributed by atoms with van der Waals surface area (Å²) in [7, 11) is 1.68. The fraction of sp³-hybridized carbons (Fsp3) is 0.500. The molecule has 0 spiro atoms. The second-order valence-corrected chi connectivity index (χ2v) is 8.10. The number of hydrogen-bond donors (Lipinski definition) is 2. The molecule has 1 saturated heterocycles. The lowest BCUT2D eigenvalue weighted by Crippen LogP contribution is -2.48. The van der Waals surface area contributed by atoms with Crippen LogP contribution in [0.4, 0.5) is 0 Å². The van der Waals surface area contributed by atoms with Gasteiger partial charge in [0.1, 0.15) is 5.75 Å². The Bertz CT molecular complexity index is 809. The number of benzene rings is 2. The number of hydrogen-bond acceptors (Lipinski definition) is 4. The first-order valence-electron chi connectivity index (χ1n) is 11.6. The van der Waals surface area contributed by atoms with E-state index in [0.29, 0.717) is 6.54 Å². The summed E-state index contributed by atoms with van der Waals surface area (Å²) in [5.41, 5.74) is 2.56. The summed E-state index contributed by atoms with van der Waals surface area (Å²) in [6.45, 7) is 7.34. The van der Waals surface area contributed by atoms with Crippen molar-refractivity contribution in [2.45, 2.75) is 38.1 Å².